The molecule has 0 atom stereocenters. The monoisotopic (exact) mass is 134 g/mol. The van der Waals surface area contributed by atoms with E-state index in [4.69, 9.17) is 20.1 Å². The van der Waals surface area contributed by atoms with Crippen molar-refractivity contribution in [1.82, 2.24) is 0 Å². The molecule has 0 radical (unpaired) electrons. The molecule has 0 unspecified atom stereocenters. The first-order chi connectivity index (χ1) is 4.15. The van der Waals surface area contributed by atoms with Crippen molar-refractivity contribution in [3.05, 3.63) is 26.0 Å². The molecule has 0 heterocycles. The number of aliphatic hydroxyl groups excluding tert-OH is 1. The first-order valence-corrected chi connectivity index (χ1v) is 1.82. The van der Waals surface area contributed by atoms with E-state index in [9.17, 15) is 0 Å². The molecule has 0 aromatic heterocycles. The minimum Gasteiger partial charge on any atom is -0.516 e. The molecule has 0 aliphatic carbocycles. The summed E-state index contributed by atoms with van der Waals surface area (Å²) in [5, 5.41) is 21.3. The van der Waals surface area contributed by atoms with Gasteiger partial charge in [-0.1, -0.05) is 6.58 Å². The minimum atomic E-state index is -1.83. The Bertz CT molecular complexity index is 65.4. The van der Waals surface area contributed by atoms with Crippen LogP contribution in [-0.2, 0) is 0 Å². The summed E-state index contributed by atoms with van der Waals surface area (Å²) in [6, 6.07) is 0. The van der Waals surface area contributed by atoms with Crippen LogP contribution in [-0.4, -0.2) is 21.5 Å². The van der Waals surface area contributed by atoms with Gasteiger partial charge < -0.3 is 15.3 Å². The van der Waals surface area contributed by atoms with Gasteiger partial charge in [-0.25, -0.2) is 4.79 Å². The highest BCUT2D eigenvalue weighted by atomic mass is 16.6. The fourth-order valence-corrected chi connectivity index (χ4v) is 0. The topological polar surface area (TPSA) is 77.8 Å². The lowest BCUT2D eigenvalue weighted by Crippen LogP contribution is -1.81. The number of rotatable bonds is 0. The zero-order valence-electron chi connectivity index (χ0n) is 4.95. The first kappa shape index (κ1) is 15.6. The zero-order chi connectivity index (χ0) is 8.28. The Hall–Kier alpha value is -1.45. The Morgan fingerprint density at radius 1 is 1.33 bits per heavy atom. The second kappa shape index (κ2) is 31.0. The van der Waals surface area contributed by atoms with Gasteiger partial charge >= 0.3 is 6.16 Å². The third kappa shape index (κ3) is 64.5. The summed E-state index contributed by atoms with van der Waals surface area (Å²) in [7, 11) is 0. The number of carboxylic acid groups (broad SMARTS) is 2. The quantitative estimate of drug-likeness (QED) is 0.348. The minimum absolute atomic E-state index is 0.750. The van der Waals surface area contributed by atoms with Crippen molar-refractivity contribution in [2.24, 2.45) is 0 Å². The van der Waals surface area contributed by atoms with Gasteiger partial charge in [0.05, 0.1) is 6.26 Å². The van der Waals surface area contributed by atoms with Gasteiger partial charge in [-0.05, 0) is 0 Å². The summed E-state index contributed by atoms with van der Waals surface area (Å²) in [5.41, 5.74) is 0. The molecule has 9 heavy (non-hydrogen) atoms. The Balaban J connectivity index is -0.0000000646. The zero-order valence-corrected chi connectivity index (χ0v) is 4.95. The van der Waals surface area contributed by atoms with Crippen LogP contribution >= 0.6 is 0 Å². The lowest BCUT2D eigenvalue weighted by molar-refractivity contribution is 0.137. The maximum Gasteiger partial charge on any atom is 0.503 e. The van der Waals surface area contributed by atoms with Crippen LogP contribution in [0.1, 0.15) is 0 Å². The van der Waals surface area contributed by atoms with E-state index in [1.807, 2.05) is 0 Å². The summed E-state index contributed by atoms with van der Waals surface area (Å²) >= 11 is 0. The summed E-state index contributed by atoms with van der Waals surface area (Å²) in [6.07, 6.45) is -1.08. The van der Waals surface area contributed by atoms with Crippen molar-refractivity contribution >= 4 is 6.16 Å². The van der Waals surface area contributed by atoms with E-state index in [1.54, 1.807) is 0 Å². The molecule has 4 nitrogen and oxygen atoms in total. The Kier molecular flexibility index (Phi) is 53.9. The molecule has 4 heteroatoms. The molecular formula is C5H10O4. The standard InChI is InChI=1S/C2H4O.C2H4.CH2O3/c1-2-3;1-2;2-1(3)4/h2-3H,1H2;1-2H2;(H2,2,3,4). The average molecular weight is 134 g/mol. The van der Waals surface area contributed by atoms with Crippen molar-refractivity contribution in [3.63, 3.8) is 0 Å². The lowest BCUT2D eigenvalue weighted by Gasteiger charge is -1.60. The first-order valence-electron chi connectivity index (χ1n) is 1.82. The number of aliphatic hydroxyl groups is 1. The molecule has 54 valence electrons. The average Bonchev–Trinajstić information content (AvgIpc) is 1.71. The number of hydrogen-bond donors (Lipinski definition) is 3. The number of carbonyl (C=O) groups is 1. The van der Waals surface area contributed by atoms with Crippen LogP contribution in [0.2, 0.25) is 0 Å². The highest BCUT2D eigenvalue weighted by molar-refractivity contribution is 5.53. The van der Waals surface area contributed by atoms with Crippen molar-refractivity contribution in [1.29, 1.82) is 0 Å². The SMILES string of the molecule is C=C.C=CO.O=C(O)O. The molecule has 0 aromatic carbocycles. The second-order valence-electron chi connectivity index (χ2n) is 0.465. The van der Waals surface area contributed by atoms with Gasteiger partial charge in [0.2, 0.25) is 0 Å². The maximum atomic E-state index is 8.56. The lowest BCUT2D eigenvalue weighted by atomic mass is 11.2. The van der Waals surface area contributed by atoms with Crippen molar-refractivity contribution < 1.29 is 20.1 Å². The van der Waals surface area contributed by atoms with Gasteiger partial charge in [0.1, 0.15) is 0 Å². The highest BCUT2D eigenvalue weighted by Crippen LogP contribution is 1.42. The predicted molar refractivity (Wildman–Crippen MR) is 34.7 cm³/mol. The Labute approximate surface area is 53.4 Å². The van der Waals surface area contributed by atoms with Gasteiger partial charge in [-0.15, -0.1) is 13.2 Å². The van der Waals surface area contributed by atoms with Crippen LogP contribution in [0.3, 0.4) is 0 Å². The van der Waals surface area contributed by atoms with Gasteiger partial charge in [0, 0.05) is 0 Å². The fraction of sp³-hybridized carbons (Fsp3) is 0. The third-order valence-electron chi connectivity index (χ3n) is 0. The molecule has 0 aliphatic heterocycles. The van der Waals surface area contributed by atoms with Crippen LogP contribution in [0, 0.1) is 0 Å². The maximum absolute atomic E-state index is 8.56. The van der Waals surface area contributed by atoms with Crippen LogP contribution in [0.25, 0.3) is 0 Å². The normalized spacial score (nSPS) is 4.44. The molecule has 0 spiro atoms. The Morgan fingerprint density at radius 2 is 1.33 bits per heavy atom. The van der Waals surface area contributed by atoms with Crippen LogP contribution in [0.5, 0.6) is 0 Å². The molecule has 0 saturated heterocycles. The van der Waals surface area contributed by atoms with Crippen LogP contribution in [0.15, 0.2) is 26.0 Å². The van der Waals surface area contributed by atoms with Crippen LogP contribution in [0.4, 0.5) is 4.79 Å². The number of hydrogen-bond acceptors (Lipinski definition) is 2. The molecule has 0 bridgehead atoms. The van der Waals surface area contributed by atoms with E-state index >= 15 is 0 Å². The molecule has 0 saturated carbocycles. The van der Waals surface area contributed by atoms with Gasteiger partial charge in [-0.2, -0.15) is 0 Å². The van der Waals surface area contributed by atoms with Crippen molar-refractivity contribution in [2.45, 2.75) is 0 Å². The molecule has 0 rings (SSSR count). The van der Waals surface area contributed by atoms with E-state index in [2.05, 4.69) is 19.7 Å². The molecule has 0 fully saturated rings. The highest BCUT2D eigenvalue weighted by Gasteiger charge is 1.70. The van der Waals surface area contributed by atoms with Crippen molar-refractivity contribution in [2.75, 3.05) is 0 Å². The summed E-state index contributed by atoms with van der Waals surface area (Å²) in [6.45, 7) is 8.92. The molecule has 0 aromatic rings. The predicted octanol–water partition coefficient (Wildman–Crippen LogP) is 1.71. The largest absolute Gasteiger partial charge is 0.516 e. The summed E-state index contributed by atoms with van der Waals surface area (Å²) in [5.74, 6) is 0. The van der Waals surface area contributed by atoms with Crippen LogP contribution < -0.4 is 0 Å². The smallest absolute Gasteiger partial charge is 0.503 e. The second-order valence-corrected chi connectivity index (χ2v) is 0.465. The van der Waals surface area contributed by atoms with Gasteiger partial charge in [0.25, 0.3) is 0 Å². The van der Waals surface area contributed by atoms with E-state index in [0.717, 1.165) is 6.26 Å². The summed E-state index contributed by atoms with van der Waals surface area (Å²) < 4.78 is 0. The molecule has 3 N–H and O–H groups in total. The van der Waals surface area contributed by atoms with E-state index in [-0.39, 0.29) is 0 Å². The molecule has 0 amide bonds. The molecule has 0 aliphatic rings. The summed E-state index contributed by atoms with van der Waals surface area (Å²) in [4.78, 5) is 8.56. The Morgan fingerprint density at radius 3 is 1.33 bits per heavy atom. The van der Waals surface area contributed by atoms with Crippen molar-refractivity contribution in [3.8, 4) is 0 Å². The third-order valence-corrected chi connectivity index (χ3v) is 0. The van der Waals surface area contributed by atoms with Gasteiger partial charge in [0.15, 0.2) is 0 Å². The van der Waals surface area contributed by atoms with E-state index in [0.29, 0.717) is 0 Å². The molecular weight excluding hydrogens is 124 g/mol. The fourth-order valence-electron chi connectivity index (χ4n) is 0. The van der Waals surface area contributed by atoms with E-state index < -0.39 is 6.16 Å². The van der Waals surface area contributed by atoms with Gasteiger partial charge in [-0.3, -0.25) is 0 Å². The van der Waals surface area contributed by atoms with E-state index in [1.165, 1.54) is 0 Å².